The number of fused-ring (bicyclic) bond motifs is 1. The number of anilines is 3. The largest absolute Gasteiger partial charge is 0.493 e. The van der Waals surface area contributed by atoms with Gasteiger partial charge in [-0.15, -0.1) is 0 Å². The number of hydrogen-bond acceptors (Lipinski definition) is 9. The Kier molecular flexibility index (Phi) is 5.89. The summed E-state index contributed by atoms with van der Waals surface area (Å²) < 4.78 is 18.2. The van der Waals surface area contributed by atoms with Gasteiger partial charge in [0.05, 0.1) is 38.9 Å². The Morgan fingerprint density at radius 2 is 1.91 bits per heavy atom. The third kappa shape index (κ3) is 4.09. The molecular formula is C24H27N7O4. The van der Waals surface area contributed by atoms with Crippen LogP contribution >= 0.6 is 0 Å². The fourth-order valence-electron chi connectivity index (χ4n) is 4.52. The van der Waals surface area contributed by atoms with Crippen molar-refractivity contribution in [1.29, 1.82) is 0 Å². The van der Waals surface area contributed by atoms with E-state index in [0.717, 1.165) is 23.4 Å². The Bertz CT molecular complexity index is 1280. The van der Waals surface area contributed by atoms with E-state index < -0.39 is 6.04 Å². The molecule has 1 aliphatic carbocycles. The van der Waals surface area contributed by atoms with Crippen LogP contribution in [0.15, 0.2) is 30.7 Å². The summed E-state index contributed by atoms with van der Waals surface area (Å²) in [5.41, 5.74) is 8.21. The molecule has 1 atom stereocenters. The number of allylic oxidation sites excluding steroid dienone is 1. The normalized spacial score (nSPS) is 16.3. The van der Waals surface area contributed by atoms with Gasteiger partial charge in [0.2, 0.25) is 17.6 Å². The molecule has 0 unspecified atom stereocenters. The molecule has 0 radical (unpaired) electrons. The molecule has 0 bridgehead atoms. The van der Waals surface area contributed by atoms with Crippen LogP contribution in [-0.4, -0.2) is 59.3 Å². The van der Waals surface area contributed by atoms with E-state index in [4.69, 9.17) is 29.9 Å². The molecule has 2 aliphatic rings. The van der Waals surface area contributed by atoms with Gasteiger partial charge in [-0.3, -0.25) is 4.79 Å². The van der Waals surface area contributed by atoms with Crippen molar-refractivity contribution in [2.75, 3.05) is 38.1 Å². The maximum Gasteiger partial charge on any atom is 0.240 e. The first-order valence-corrected chi connectivity index (χ1v) is 11.3. The average Bonchev–Trinajstić information content (AvgIpc) is 3.63. The number of nitrogens with zero attached hydrogens (tertiary/aromatic N) is 5. The number of carbonyl (C=O) groups excluding carboxylic acids is 1. The van der Waals surface area contributed by atoms with Gasteiger partial charge >= 0.3 is 0 Å². The molecule has 182 valence electrons. The lowest BCUT2D eigenvalue weighted by molar-refractivity contribution is -0.119. The van der Waals surface area contributed by atoms with Crippen LogP contribution in [-0.2, 0) is 11.2 Å². The van der Waals surface area contributed by atoms with Gasteiger partial charge in [0.15, 0.2) is 11.5 Å². The van der Waals surface area contributed by atoms with E-state index in [1.807, 2.05) is 39.9 Å². The summed E-state index contributed by atoms with van der Waals surface area (Å²) in [6.45, 7) is 0.686. The number of hydrogen-bond donors (Lipinski definition) is 2. The third-order valence-corrected chi connectivity index (χ3v) is 6.24. The van der Waals surface area contributed by atoms with Crippen molar-refractivity contribution in [2.24, 2.45) is 5.73 Å². The monoisotopic (exact) mass is 477 g/mol. The van der Waals surface area contributed by atoms with Crippen LogP contribution in [0.2, 0.25) is 0 Å². The van der Waals surface area contributed by atoms with Crippen LogP contribution in [0.1, 0.15) is 24.1 Å². The number of nitrogens with one attached hydrogen (secondary N) is 1. The molecule has 3 heterocycles. The molecule has 0 saturated carbocycles. The Hall–Kier alpha value is -4.28. The maximum absolute atomic E-state index is 11.9. The topological polar surface area (TPSA) is 130 Å². The summed E-state index contributed by atoms with van der Waals surface area (Å²) in [7, 11) is 4.72. The van der Waals surface area contributed by atoms with Crippen LogP contribution < -0.4 is 30.2 Å². The molecule has 0 spiro atoms. The maximum atomic E-state index is 11.9. The van der Waals surface area contributed by atoms with Crippen molar-refractivity contribution in [1.82, 2.24) is 19.5 Å². The van der Waals surface area contributed by atoms with E-state index in [9.17, 15) is 4.79 Å². The highest BCUT2D eigenvalue weighted by Crippen LogP contribution is 2.39. The van der Waals surface area contributed by atoms with E-state index >= 15 is 0 Å². The molecule has 5 rings (SSSR count). The first-order valence-electron chi connectivity index (χ1n) is 11.3. The summed E-state index contributed by atoms with van der Waals surface area (Å²) in [4.78, 5) is 27.8. The second kappa shape index (κ2) is 9.16. The SMILES string of the molecule is COc1cc(-n2cnc(Nc3nc(N4CCC[C@@H]4C(N)=O)nc4c3CC=C4)c2)cc(OC)c1OC. The summed E-state index contributed by atoms with van der Waals surface area (Å²) in [5.74, 6) is 2.99. The number of primary amides is 1. The van der Waals surface area contributed by atoms with Gasteiger partial charge in [-0.2, -0.15) is 4.98 Å². The minimum Gasteiger partial charge on any atom is -0.493 e. The Morgan fingerprint density at radius 3 is 2.60 bits per heavy atom. The van der Waals surface area contributed by atoms with Gasteiger partial charge in [-0.05, 0) is 25.3 Å². The molecular weight excluding hydrogens is 450 g/mol. The van der Waals surface area contributed by atoms with Gasteiger partial charge in [-0.1, -0.05) is 6.08 Å². The third-order valence-electron chi connectivity index (χ3n) is 6.24. The van der Waals surface area contributed by atoms with Gasteiger partial charge in [0.25, 0.3) is 0 Å². The molecule has 1 aliphatic heterocycles. The van der Waals surface area contributed by atoms with Crippen LogP contribution in [0.4, 0.5) is 17.6 Å². The zero-order valence-electron chi connectivity index (χ0n) is 19.8. The lowest BCUT2D eigenvalue weighted by Gasteiger charge is -2.23. The molecule has 1 aromatic carbocycles. The van der Waals surface area contributed by atoms with Crippen molar-refractivity contribution >= 4 is 29.6 Å². The second-order valence-electron chi connectivity index (χ2n) is 8.27. The van der Waals surface area contributed by atoms with Crippen molar-refractivity contribution in [2.45, 2.75) is 25.3 Å². The fraction of sp³-hybridized carbons (Fsp3) is 0.333. The summed E-state index contributed by atoms with van der Waals surface area (Å²) in [6.07, 6.45) is 9.82. The van der Waals surface area contributed by atoms with E-state index in [2.05, 4.69) is 10.3 Å². The quantitative estimate of drug-likeness (QED) is 0.502. The number of imidazole rings is 1. The highest BCUT2D eigenvalue weighted by atomic mass is 16.5. The Morgan fingerprint density at radius 1 is 1.14 bits per heavy atom. The Labute approximate surface area is 202 Å². The molecule has 2 aromatic heterocycles. The fourth-order valence-corrected chi connectivity index (χ4v) is 4.52. The number of amides is 1. The van der Waals surface area contributed by atoms with Crippen LogP contribution in [0.3, 0.4) is 0 Å². The van der Waals surface area contributed by atoms with Crippen LogP contribution in [0.25, 0.3) is 11.8 Å². The van der Waals surface area contributed by atoms with Crippen LogP contribution in [0.5, 0.6) is 17.2 Å². The number of benzene rings is 1. The van der Waals surface area contributed by atoms with E-state index in [-0.39, 0.29) is 5.91 Å². The van der Waals surface area contributed by atoms with Gasteiger partial charge in [-0.25, -0.2) is 9.97 Å². The summed E-state index contributed by atoms with van der Waals surface area (Å²) in [6, 6.07) is 3.29. The predicted molar refractivity (Wildman–Crippen MR) is 131 cm³/mol. The van der Waals surface area contributed by atoms with Gasteiger partial charge < -0.3 is 34.7 Å². The first kappa shape index (κ1) is 22.5. The number of methoxy groups -OCH3 is 3. The predicted octanol–water partition coefficient (Wildman–Crippen LogP) is 2.46. The molecule has 11 nitrogen and oxygen atoms in total. The van der Waals surface area contributed by atoms with Crippen LogP contribution in [0, 0.1) is 0 Å². The van der Waals surface area contributed by atoms with E-state index in [1.54, 1.807) is 27.7 Å². The number of aromatic nitrogens is 4. The minimum absolute atomic E-state index is 0.360. The first-order chi connectivity index (χ1) is 17.0. The molecule has 1 fully saturated rings. The smallest absolute Gasteiger partial charge is 0.240 e. The molecule has 3 aromatic rings. The highest BCUT2D eigenvalue weighted by Gasteiger charge is 2.32. The Balaban J connectivity index is 1.46. The van der Waals surface area contributed by atoms with E-state index in [0.29, 0.717) is 54.2 Å². The molecule has 11 heteroatoms. The number of rotatable bonds is 8. The zero-order chi connectivity index (χ0) is 24.5. The highest BCUT2D eigenvalue weighted by molar-refractivity contribution is 5.84. The molecule has 1 amide bonds. The molecule has 1 saturated heterocycles. The average molecular weight is 478 g/mol. The van der Waals surface area contributed by atoms with Gasteiger partial charge in [0, 0.05) is 24.2 Å². The number of carbonyl (C=O) groups is 1. The molecule has 3 N–H and O–H groups in total. The van der Waals surface area contributed by atoms with E-state index in [1.165, 1.54) is 0 Å². The second-order valence-corrected chi connectivity index (χ2v) is 8.27. The number of nitrogens with two attached hydrogens (primary N) is 1. The van der Waals surface area contributed by atoms with Gasteiger partial charge in [0.1, 0.15) is 24.0 Å². The zero-order valence-corrected chi connectivity index (χ0v) is 19.8. The summed E-state index contributed by atoms with van der Waals surface area (Å²) >= 11 is 0. The van der Waals surface area contributed by atoms with Crippen molar-refractivity contribution in [3.8, 4) is 22.9 Å². The van der Waals surface area contributed by atoms with Crippen molar-refractivity contribution < 1.29 is 19.0 Å². The molecule has 35 heavy (non-hydrogen) atoms. The van der Waals surface area contributed by atoms with Crippen molar-refractivity contribution in [3.63, 3.8) is 0 Å². The lowest BCUT2D eigenvalue weighted by Crippen LogP contribution is -2.41. The summed E-state index contributed by atoms with van der Waals surface area (Å²) in [5, 5.41) is 3.33. The standard InChI is InChI=1S/C24H27N7O4/c1-33-18-10-14(11-19(34-2)21(18)35-3)30-12-20(26-13-30)28-23-15-6-4-7-16(15)27-24(29-23)31-9-5-8-17(31)22(25)32/h4,7,10-13,17H,5-6,8-9H2,1-3H3,(H2,25,32)(H,27,28,29)/t17-/m1/s1. The number of ether oxygens (including phenoxy) is 3. The van der Waals surface area contributed by atoms with Crippen molar-refractivity contribution in [3.05, 3.63) is 42.0 Å². The minimum atomic E-state index is -0.398. The lowest BCUT2D eigenvalue weighted by atomic mass is 10.2.